The van der Waals surface area contributed by atoms with Crippen LogP contribution in [-0.2, 0) is 0 Å². The third-order valence-electron chi connectivity index (χ3n) is 2.21. The molecule has 0 unspecified atom stereocenters. The monoisotopic (exact) mass is 357 g/mol. The molecule has 0 aliphatic carbocycles. The van der Waals surface area contributed by atoms with Gasteiger partial charge in [-0.25, -0.2) is 0 Å². The first-order chi connectivity index (χ1) is 7.53. The first kappa shape index (κ1) is 16.4. The van der Waals surface area contributed by atoms with Crippen LogP contribution in [0.15, 0.2) is 41.4 Å². The van der Waals surface area contributed by atoms with Gasteiger partial charge in [-0.2, -0.15) is 0 Å². The molecule has 17 heavy (non-hydrogen) atoms. The molecule has 92 valence electrons. The van der Waals surface area contributed by atoms with Gasteiger partial charge in [0.2, 0.25) is 0 Å². The van der Waals surface area contributed by atoms with Crippen LogP contribution in [0.5, 0.6) is 0 Å². The maximum atomic E-state index is 3.75. The van der Waals surface area contributed by atoms with Crippen molar-refractivity contribution in [1.82, 2.24) is 0 Å². The smallest absolute Gasteiger partial charge is 0.141 e. The fourth-order valence-corrected chi connectivity index (χ4v) is 1.57. The van der Waals surface area contributed by atoms with Crippen molar-refractivity contribution < 1.29 is 21.5 Å². The molecule has 1 aromatic carbocycles. The van der Waals surface area contributed by atoms with Crippen LogP contribution in [0.25, 0.3) is 0 Å². The van der Waals surface area contributed by atoms with E-state index in [9.17, 15) is 0 Å². The summed E-state index contributed by atoms with van der Waals surface area (Å²) in [6.07, 6.45) is 1.93. The molecular weight excluding hydrogens is 342 g/mol. The normalized spacial score (nSPS) is 9.82. The van der Waals surface area contributed by atoms with E-state index < -0.39 is 0 Å². The quantitative estimate of drug-likeness (QED) is 0.407. The summed E-state index contributed by atoms with van der Waals surface area (Å²) in [7, 11) is 4.30. The summed E-state index contributed by atoms with van der Waals surface area (Å²) in [5.41, 5.74) is 1.06. The van der Waals surface area contributed by atoms with Gasteiger partial charge in [0, 0.05) is 10.0 Å². The zero-order chi connectivity index (χ0) is 12.0. The molecule has 0 amide bonds. The lowest BCUT2D eigenvalue weighted by atomic mass is 10.2. The molecule has 0 saturated heterocycles. The Balaban J connectivity index is 0.00000256. The molecule has 0 aliphatic rings. The molecule has 1 rings (SSSR count). The standard InChI is InChI=1S/C14H17BrN.BrH/c1-4-11-16(2,3)12-5-6-13-7-9-14(15)10-8-13;/h4,7-10H,1,11-12H2,2-3H3;1H/q+1;/p-1. The Hall–Kier alpha value is -0.560. The molecule has 0 saturated carbocycles. The van der Waals surface area contributed by atoms with Crippen LogP contribution in [-0.4, -0.2) is 31.7 Å². The average Bonchev–Trinajstić information content (AvgIpc) is 2.20. The molecule has 0 radical (unpaired) electrons. The van der Waals surface area contributed by atoms with E-state index >= 15 is 0 Å². The maximum Gasteiger partial charge on any atom is 0.141 e. The Bertz CT molecular complexity index is 410. The third-order valence-corrected chi connectivity index (χ3v) is 2.74. The molecule has 0 aliphatic heterocycles. The first-order valence-corrected chi connectivity index (χ1v) is 6.00. The molecule has 0 bridgehead atoms. The molecule has 0 N–H and O–H groups in total. The number of hydrogen-bond acceptors (Lipinski definition) is 0. The highest BCUT2D eigenvalue weighted by Crippen LogP contribution is 2.09. The third kappa shape index (κ3) is 6.68. The van der Waals surface area contributed by atoms with E-state index in [0.29, 0.717) is 0 Å². The van der Waals surface area contributed by atoms with Crippen LogP contribution in [0.3, 0.4) is 0 Å². The van der Waals surface area contributed by atoms with Gasteiger partial charge < -0.3 is 21.5 Å². The Morgan fingerprint density at radius 1 is 1.29 bits per heavy atom. The van der Waals surface area contributed by atoms with Crippen LogP contribution in [0.4, 0.5) is 0 Å². The summed E-state index contributed by atoms with van der Waals surface area (Å²) < 4.78 is 1.94. The Labute approximate surface area is 123 Å². The zero-order valence-corrected chi connectivity index (χ0v) is 13.4. The van der Waals surface area contributed by atoms with Crippen molar-refractivity contribution >= 4 is 15.9 Å². The Kier molecular flexibility index (Phi) is 7.45. The molecule has 0 heterocycles. The highest BCUT2D eigenvalue weighted by molar-refractivity contribution is 9.10. The second-order valence-electron chi connectivity index (χ2n) is 4.37. The van der Waals surface area contributed by atoms with Crippen molar-refractivity contribution in [3.63, 3.8) is 0 Å². The van der Waals surface area contributed by atoms with Crippen molar-refractivity contribution in [3.05, 3.63) is 47.0 Å². The van der Waals surface area contributed by atoms with Gasteiger partial charge in [0.1, 0.15) is 6.54 Å². The number of benzene rings is 1. The predicted octanol–water partition coefficient (Wildman–Crippen LogP) is 0.0670. The van der Waals surface area contributed by atoms with E-state index in [4.69, 9.17) is 0 Å². The van der Waals surface area contributed by atoms with E-state index in [-0.39, 0.29) is 17.0 Å². The molecule has 0 spiro atoms. The lowest BCUT2D eigenvalue weighted by Gasteiger charge is -2.25. The van der Waals surface area contributed by atoms with E-state index in [1.54, 1.807) is 0 Å². The lowest BCUT2D eigenvalue weighted by molar-refractivity contribution is -0.877. The summed E-state index contributed by atoms with van der Waals surface area (Å²) in [5.74, 6) is 6.37. The highest BCUT2D eigenvalue weighted by atomic mass is 79.9. The second-order valence-corrected chi connectivity index (χ2v) is 5.29. The second kappa shape index (κ2) is 7.71. The number of rotatable bonds is 3. The van der Waals surface area contributed by atoms with Crippen molar-refractivity contribution in [2.75, 3.05) is 27.2 Å². The lowest BCUT2D eigenvalue weighted by Crippen LogP contribution is -3.00. The summed E-state index contributed by atoms with van der Waals surface area (Å²) >= 11 is 3.40. The molecular formula is C14H17Br2N. The minimum absolute atomic E-state index is 0. The van der Waals surface area contributed by atoms with Crippen LogP contribution in [0.1, 0.15) is 5.56 Å². The highest BCUT2D eigenvalue weighted by Gasteiger charge is 2.09. The van der Waals surface area contributed by atoms with Gasteiger partial charge in [0.05, 0.1) is 20.6 Å². The van der Waals surface area contributed by atoms with Crippen LogP contribution >= 0.6 is 15.9 Å². The van der Waals surface area contributed by atoms with Gasteiger partial charge in [0.25, 0.3) is 0 Å². The molecule has 3 heteroatoms. The Morgan fingerprint density at radius 3 is 2.41 bits per heavy atom. The van der Waals surface area contributed by atoms with E-state index in [1.165, 1.54) is 0 Å². The first-order valence-electron chi connectivity index (χ1n) is 5.21. The van der Waals surface area contributed by atoms with Gasteiger partial charge in [-0.1, -0.05) is 28.4 Å². The number of halogens is 2. The Morgan fingerprint density at radius 2 is 1.88 bits per heavy atom. The zero-order valence-electron chi connectivity index (χ0n) is 10.2. The number of likely N-dealkylation sites (N-methyl/N-ethyl adjacent to an activating group) is 1. The number of hydrogen-bond donors (Lipinski definition) is 0. The molecule has 0 fully saturated rings. The van der Waals surface area contributed by atoms with Crippen molar-refractivity contribution in [3.8, 4) is 11.8 Å². The van der Waals surface area contributed by atoms with E-state index in [1.807, 2.05) is 30.3 Å². The average molecular weight is 359 g/mol. The molecule has 1 aromatic rings. The SMILES string of the molecule is C=CC[N+](C)(C)CC#Cc1ccc(Br)cc1.[Br-]. The van der Waals surface area contributed by atoms with Gasteiger partial charge in [-0.3, -0.25) is 0 Å². The summed E-state index contributed by atoms with van der Waals surface area (Å²) in [4.78, 5) is 0. The minimum Gasteiger partial charge on any atom is -1.00 e. The van der Waals surface area contributed by atoms with E-state index in [0.717, 1.165) is 27.6 Å². The largest absolute Gasteiger partial charge is 1.00 e. The van der Waals surface area contributed by atoms with Crippen LogP contribution in [0.2, 0.25) is 0 Å². The number of nitrogens with zero attached hydrogens (tertiary/aromatic N) is 1. The summed E-state index contributed by atoms with van der Waals surface area (Å²) in [6, 6.07) is 8.05. The fourth-order valence-electron chi connectivity index (χ4n) is 1.30. The van der Waals surface area contributed by atoms with E-state index in [2.05, 4.69) is 48.4 Å². The molecule has 1 nitrogen and oxygen atoms in total. The maximum absolute atomic E-state index is 3.75. The van der Waals surface area contributed by atoms with Crippen molar-refractivity contribution in [2.45, 2.75) is 0 Å². The van der Waals surface area contributed by atoms with Gasteiger partial charge in [-0.15, -0.1) is 0 Å². The van der Waals surface area contributed by atoms with Gasteiger partial charge >= 0.3 is 0 Å². The topological polar surface area (TPSA) is 0 Å². The van der Waals surface area contributed by atoms with Crippen LogP contribution < -0.4 is 17.0 Å². The van der Waals surface area contributed by atoms with Crippen molar-refractivity contribution in [1.29, 1.82) is 0 Å². The number of quaternary nitrogens is 1. The fraction of sp³-hybridized carbons (Fsp3) is 0.286. The van der Waals surface area contributed by atoms with Crippen molar-refractivity contribution in [2.24, 2.45) is 0 Å². The predicted molar refractivity (Wildman–Crippen MR) is 73.1 cm³/mol. The van der Waals surface area contributed by atoms with Crippen LogP contribution in [0, 0.1) is 11.8 Å². The summed E-state index contributed by atoms with van der Waals surface area (Å²) in [5, 5.41) is 0. The van der Waals surface area contributed by atoms with Gasteiger partial charge in [-0.05, 0) is 36.3 Å². The van der Waals surface area contributed by atoms with Gasteiger partial charge in [0.15, 0.2) is 0 Å². The minimum atomic E-state index is 0. The summed E-state index contributed by atoms with van der Waals surface area (Å²) in [6.45, 7) is 5.53. The molecule has 0 atom stereocenters. The molecule has 0 aromatic heterocycles.